The molecule has 0 amide bonds. The van der Waals surface area contributed by atoms with Gasteiger partial charge in [-0.3, -0.25) is 0 Å². The number of sulfonamides is 1. The van der Waals surface area contributed by atoms with E-state index in [2.05, 4.69) is 4.72 Å². The van der Waals surface area contributed by atoms with Crippen molar-refractivity contribution in [1.82, 2.24) is 4.72 Å². The van der Waals surface area contributed by atoms with Crippen LogP contribution in [-0.2, 0) is 14.8 Å². The first-order chi connectivity index (χ1) is 9.74. The third-order valence-corrected chi connectivity index (χ3v) is 4.32. The molecule has 0 aliphatic rings. The van der Waals surface area contributed by atoms with E-state index >= 15 is 0 Å². The number of nitrogen functional groups attached to an aromatic ring is 1. The number of halogens is 1. The maximum atomic E-state index is 13.5. The average Bonchev–Trinajstić information content (AvgIpc) is 2.39. The standard InChI is InChI=1S/C14H23FN2O3S/c1-10(2)9-20-6-4-5-17-21(18,19)12-7-13(15)11(3)14(16)8-12/h7-8,10,17H,4-6,9,16H2,1-3H3. The van der Waals surface area contributed by atoms with Crippen molar-refractivity contribution in [3.05, 3.63) is 23.5 Å². The number of hydrogen-bond acceptors (Lipinski definition) is 4. The van der Waals surface area contributed by atoms with E-state index < -0.39 is 15.8 Å². The Morgan fingerprint density at radius 3 is 2.62 bits per heavy atom. The fourth-order valence-electron chi connectivity index (χ4n) is 1.61. The number of nitrogens with one attached hydrogen (secondary N) is 1. The van der Waals surface area contributed by atoms with Gasteiger partial charge in [-0.2, -0.15) is 0 Å². The molecule has 3 N–H and O–H groups in total. The van der Waals surface area contributed by atoms with Gasteiger partial charge in [-0.25, -0.2) is 17.5 Å². The highest BCUT2D eigenvalue weighted by Crippen LogP contribution is 2.20. The molecule has 7 heteroatoms. The van der Waals surface area contributed by atoms with Gasteiger partial charge in [0.2, 0.25) is 10.0 Å². The molecule has 1 rings (SSSR count). The maximum Gasteiger partial charge on any atom is 0.240 e. The normalized spacial score (nSPS) is 12.0. The summed E-state index contributed by atoms with van der Waals surface area (Å²) in [6, 6.07) is 2.24. The summed E-state index contributed by atoms with van der Waals surface area (Å²) >= 11 is 0. The van der Waals surface area contributed by atoms with Crippen LogP contribution >= 0.6 is 0 Å². The molecule has 120 valence electrons. The fourth-order valence-corrected chi connectivity index (χ4v) is 2.73. The molecule has 0 saturated heterocycles. The van der Waals surface area contributed by atoms with E-state index in [-0.39, 0.29) is 22.7 Å². The number of anilines is 1. The summed E-state index contributed by atoms with van der Waals surface area (Å²) in [4.78, 5) is -0.161. The van der Waals surface area contributed by atoms with Gasteiger partial charge in [-0.1, -0.05) is 13.8 Å². The first-order valence-electron chi connectivity index (χ1n) is 6.87. The Hall–Kier alpha value is -1.18. The Bertz CT molecular complexity index is 551. The Morgan fingerprint density at radius 2 is 2.05 bits per heavy atom. The van der Waals surface area contributed by atoms with Crippen LogP contribution in [0, 0.1) is 18.7 Å². The molecule has 1 aromatic rings. The number of hydrogen-bond donors (Lipinski definition) is 2. The van der Waals surface area contributed by atoms with Crippen molar-refractivity contribution in [2.45, 2.75) is 32.1 Å². The molecule has 0 spiro atoms. The molecule has 0 bridgehead atoms. The van der Waals surface area contributed by atoms with E-state index in [0.29, 0.717) is 25.6 Å². The zero-order valence-electron chi connectivity index (χ0n) is 12.6. The minimum absolute atomic E-state index is 0.121. The Balaban J connectivity index is 2.54. The first-order valence-corrected chi connectivity index (χ1v) is 8.35. The largest absolute Gasteiger partial charge is 0.398 e. The second-order valence-corrected chi connectivity index (χ2v) is 7.11. The summed E-state index contributed by atoms with van der Waals surface area (Å²) in [7, 11) is -3.75. The summed E-state index contributed by atoms with van der Waals surface area (Å²) in [6.45, 7) is 6.94. The van der Waals surface area contributed by atoms with Crippen LogP contribution in [0.5, 0.6) is 0 Å². The Morgan fingerprint density at radius 1 is 1.38 bits per heavy atom. The van der Waals surface area contributed by atoms with Gasteiger partial charge in [0.1, 0.15) is 5.82 Å². The third-order valence-electron chi connectivity index (χ3n) is 2.88. The van der Waals surface area contributed by atoms with Crippen molar-refractivity contribution < 1.29 is 17.5 Å². The summed E-state index contributed by atoms with van der Waals surface area (Å²) < 4.78 is 45.3. The predicted molar refractivity (Wildman–Crippen MR) is 81.0 cm³/mol. The lowest BCUT2D eigenvalue weighted by Crippen LogP contribution is -2.26. The average molecular weight is 318 g/mol. The molecule has 0 unspecified atom stereocenters. The van der Waals surface area contributed by atoms with Crippen molar-refractivity contribution >= 4 is 15.7 Å². The molecule has 0 fully saturated rings. The summed E-state index contributed by atoms with van der Waals surface area (Å²) in [5.74, 6) is -0.184. The van der Waals surface area contributed by atoms with Crippen molar-refractivity contribution in [3.63, 3.8) is 0 Å². The number of ether oxygens (including phenoxy) is 1. The minimum Gasteiger partial charge on any atom is -0.398 e. The zero-order valence-corrected chi connectivity index (χ0v) is 13.5. The van der Waals surface area contributed by atoms with E-state index in [1.165, 1.54) is 13.0 Å². The van der Waals surface area contributed by atoms with Gasteiger partial charge in [0, 0.05) is 31.0 Å². The lowest BCUT2D eigenvalue weighted by molar-refractivity contribution is 0.108. The zero-order chi connectivity index (χ0) is 16.0. The van der Waals surface area contributed by atoms with Crippen molar-refractivity contribution in [3.8, 4) is 0 Å². The van der Waals surface area contributed by atoms with Crippen LogP contribution in [-0.4, -0.2) is 28.2 Å². The summed E-state index contributed by atoms with van der Waals surface area (Å²) in [5, 5.41) is 0. The molecule has 5 nitrogen and oxygen atoms in total. The molecule has 21 heavy (non-hydrogen) atoms. The van der Waals surface area contributed by atoms with Crippen LogP contribution in [0.25, 0.3) is 0 Å². The molecule has 0 aliphatic carbocycles. The lowest BCUT2D eigenvalue weighted by atomic mass is 10.2. The van der Waals surface area contributed by atoms with Crippen LogP contribution in [0.1, 0.15) is 25.8 Å². The molecule has 1 aromatic carbocycles. The van der Waals surface area contributed by atoms with Crippen LogP contribution in [0.15, 0.2) is 17.0 Å². The number of rotatable bonds is 8. The van der Waals surface area contributed by atoms with Crippen LogP contribution in [0.4, 0.5) is 10.1 Å². The van der Waals surface area contributed by atoms with Crippen LogP contribution in [0.3, 0.4) is 0 Å². The van der Waals surface area contributed by atoms with Crippen molar-refractivity contribution in [2.75, 3.05) is 25.5 Å². The van der Waals surface area contributed by atoms with E-state index in [1.807, 2.05) is 13.8 Å². The van der Waals surface area contributed by atoms with Crippen molar-refractivity contribution in [1.29, 1.82) is 0 Å². The van der Waals surface area contributed by atoms with Gasteiger partial charge >= 0.3 is 0 Å². The van der Waals surface area contributed by atoms with Gasteiger partial charge in [0.15, 0.2) is 0 Å². The molecular weight excluding hydrogens is 295 g/mol. The lowest BCUT2D eigenvalue weighted by Gasteiger charge is -2.10. The van der Waals surface area contributed by atoms with E-state index in [1.54, 1.807) is 0 Å². The molecule has 0 aromatic heterocycles. The fraction of sp³-hybridized carbons (Fsp3) is 0.571. The molecule has 0 atom stereocenters. The van der Waals surface area contributed by atoms with Crippen LogP contribution < -0.4 is 10.5 Å². The highest BCUT2D eigenvalue weighted by atomic mass is 32.2. The maximum absolute atomic E-state index is 13.5. The van der Waals surface area contributed by atoms with Gasteiger partial charge < -0.3 is 10.5 Å². The summed E-state index contributed by atoms with van der Waals surface area (Å²) in [6.07, 6.45) is 0.551. The van der Waals surface area contributed by atoms with Gasteiger partial charge in [0.25, 0.3) is 0 Å². The highest BCUT2D eigenvalue weighted by Gasteiger charge is 2.16. The summed E-state index contributed by atoms with van der Waals surface area (Å²) in [5.41, 5.74) is 5.96. The van der Waals surface area contributed by atoms with E-state index in [0.717, 1.165) is 6.07 Å². The highest BCUT2D eigenvalue weighted by molar-refractivity contribution is 7.89. The first kappa shape index (κ1) is 17.9. The second kappa shape index (κ2) is 7.72. The topological polar surface area (TPSA) is 81.4 Å². The van der Waals surface area contributed by atoms with E-state index in [4.69, 9.17) is 10.5 Å². The van der Waals surface area contributed by atoms with Gasteiger partial charge in [-0.15, -0.1) is 0 Å². The number of nitrogens with two attached hydrogens (primary N) is 1. The van der Waals surface area contributed by atoms with Crippen molar-refractivity contribution in [2.24, 2.45) is 5.92 Å². The van der Waals surface area contributed by atoms with E-state index in [9.17, 15) is 12.8 Å². The molecule has 0 aliphatic heterocycles. The number of benzene rings is 1. The Labute approximate surface area is 125 Å². The molecule has 0 saturated carbocycles. The third kappa shape index (κ3) is 5.61. The SMILES string of the molecule is Cc1c(N)cc(S(=O)(=O)NCCCOCC(C)C)cc1F. The molecule has 0 radical (unpaired) electrons. The quantitative estimate of drug-likeness (QED) is 0.568. The Kier molecular flexibility index (Phi) is 6.57. The molecular formula is C14H23FN2O3S. The van der Waals surface area contributed by atoms with Gasteiger partial charge in [0.05, 0.1) is 4.90 Å². The monoisotopic (exact) mass is 318 g/mol. The van der Waals surface area contributed by atoms with Crippen LogP contribution in [0.2, 0.25) is 0 Å². The van der Waals surface area contributed by atoms with Gasteiger partial charge in [-0.05, 0) is 31.4 Å². The molecule has 0 heterocycles. The smallest absolute Gasteiger partial charge is 0.240 e. The minimum atomic E-state index is -3.75. The second-order valence-electron chi connectivity index (χ2n) is 5.34. The predicted octanol–water partition coefficient (Wildman–Crippen LogP) is 2.06.